The van der Waals surface area contributed by atoms with Gasteiger partial charge in [-0.05, 0) is 6.92 Å². The molecular weight excluding hydrogens is 208 g/mol. The molecule has 0 aromatic heterocycles. The molecule has 0 bridgehead atoms. The second kappa shape index (κ2) is 3.92. The van der Waals surface area contributed by atoms with Gasteiger partial charge in [0.25, 0.3) is 5.69 Å². The third kappa shape index (κ3) is 1.76. The number of nitrogens with zero attached hydrogens (tertiary/aromatic N) is 1. The van der Waals surface area contributed by atoms with Crippen molar-refractivity contribution in [2.75, 3.05) is 6.54 Å². The smallest absolute Gasteiger partial charge is 0.275 e. The molecule has 84 valence electrons. The number of nitrogens with one attached hydrogen (secondary N) is 1. The number of hydrogen-bond acceptors (Lipinski definition) is 3. The summed E-state index contributed by atoms with van der Waals surface area (Å²) >= 11 is 0. The van der Waals surface area contributed by atoms with Crippen molar-refractivity contribution in [1.82, 2.24) is 5.32 Å². The molecule has 1 unspecified atom stereocenters. The lowest BCUT2D eigenvalue weighted by Gasteiger charge is -2.09. The van der Waals surface area contributed by atoms with E-state index in [4.69, 9.17) is 0 Å². The largest absolute Gasteiger partial charge is 0.355 e. The molecule has 1 aromatic rings. The predicted octanol–water partition coefficient (Wildman–Crippen LogP) is 1.51. The number of rotatable bonds is 2. The van der Waals surface area contributed by atoms with Crippen LogP contribution in [0, 0.1) is 17.0 Å². The summed E-state index contributed by atoms with van der Waals surface area (Å²) in [6.07, 6.45) is 0.338. The fourth-order valence-corrected chi connectivity index (χ4v) is 2.09. The topological polar surface area (TPSA) is 72.2 Å². The number of nitro benzene ring substituents is 1. The number of hydrogen-bond donors (Lipinski definition) is 1. The summed E-state index contributed by atoms with van der Waals surface area (Å²) in [4.78, 5) is 21.7. The molecule has 5 nitrogen and oxygen atoms in total. The highest BCUT2D eigenvalue weighted by atomic mass is 16.6. The van der Waals surface area contributed by atoms with Crippen LogP contribution in [0.1, 0.15) is 23.5 Å². The minimum atomic E-state index is -0.368. The van der Waals surface area contributed by atoms with Crippen LogP contribution in [0.25, 0.3) is 0 Å². The Morgan fingerprint density at radius 3 is 2.81 bits per heavy atom. The van der Waals surface area contributed by atoms with Crippen molar-refractivity contribution >= 4 is 11.6 Å². The van der Waals surface area contributed by atoms with Crippen molar-refractivity contribution in [1.29, 1.82) is 0 Å². The van der Waals surface area contributed by atoms with Crippen molar-refractivity contribution in [3.8, 4) is 0 Å². The number of aryl methyl sites for hydroxylation is 1. The van der Waals surface area contributed by atoms with Gasteiger partial charge in [0.2, 0.25) is 5.91 Å². The van der Waals surface area contributed by atoms with Crippen LogP contribution in [0.4, 0.5) is 5.69 Å². The van der Waals surface area contributed by atoms with E-state index in [-0.39, 0.29) is 22.4 Å². The first-order valence-corrected chi connectivity index (χ1v) is 5.10. The zero-order valence-electron chi connectivity index (χ0n) is 8.90. The van der Waals surface area contributed by atoms with Gasteiger partial charge < -0.3 is 5.32 Å². The number of carbonyl (C=O) groups is 1. The Hall–Kier alpha value is -1.91. The minimum Gasteiger partial charge on any atom is -0.355 e. The molecule has 0 radical (unpaired) electrons. The third-order valence-electron chi connectivity index (χ3n) is 2.87. The molecule has 0 aliphatic carbocycles. The van der Waals surface area contributed by atoms with Gasteiger partial charge in [-0.15, -0.1) is 0 Å². The number of para-hydroxylation sites is 1. The average molecular weight is 220 g/mol. The molecule has 1 aliphatic heterocycles. The van der Waals surface area contributed by atoms with Crippen molar-refractivity contribution in [3.05, 3.63) is 39.4 Å². The molecule has 0 saturated carbocycles. The first-order chi connectivity index (χ1) is 7.59. The zero-order valence-corrected chi connectivity index (χ0v) is 8.90. The van der Waals surface area contributed by atoms with Gasteiger partial charge in [0.05, 0.1) is 4.92 Å². The van der Waals surface area contributed by atoms with Crippen LogP contribution in [-0.2, 0) is 4.79 Å². The van der Waals surface area contributed by atoms with Crippen LogP contribution in [0.15, 0.2) is 18.2 Å². The van der Waals surface area contributed by atoms with Gasteiger partial charge in [0.1, 0.15) is 0 Å². The molecule has 1 atom stereocenters. The Balaban J connectivity index is 2.44. The van der Waals surface area contributed by atoms with Gasteiger partial charge in [0, 0.05) is 30.0 Å². The van der Waals surface area contributed by atoms with Gasteiger partial charge in [-0.3, -0.25) is 14.9 Å². The standard InChI is InChI=1S/C11H12N2O3/c1-7-3-2-4-9(11(7)13(15)16)8-5-10(14)12-6-8/h2-4,8H,5-6H2,1H3,(H,12,14). The van der Waals surface area contributed by atoms with Crippen molar-refractivity contribution in [2.24, 2.45) is 0 Å². The van der Waals surface area contributed by atoms with Crippen molar-refractivity contribution in [3.63, 3.8) is 0 Å². The van der Waals surface area contributed by atoms with Crippen LogP contribution in [-0.4, -0.2) is 17.4 Å². The van der Waals surface area contributed by atoms with E-state index < -0.39 is 0 Å². The zero-order chi connectivity index (χ0) is 11.7. The summed E-state index contributed by atoms with van der Waals surface area (Å²) in [5.74, 6) is -0.117. The molecular formula is C11H12N2O3. The first kappa shape index (κ1) is 10.6. The molecule has 1 amide bonds. The number of nitro groups is 1. The van der Waals surface area contributed by atoms with E-state index in [1.807, 2.05) is 0 Å². The lowest BCUT2D eigenvalue weighted by molar-refractivity contribution is -0.386. The lowest BCUT2D eigenvalue weighted by atomic mass is 9.94. The average Bonchev–Trinajstić information content (AvgIpc) is 2.63. The van der Waals surface area contributed by atoms with E-state index in [0.29, 0.717) is 24.1 Å². The molecule has 5 heteroatoms. The van der Waals surface area contributed by atoms with E-state index in [1.54, 1.807) is 25.1 Å². The van der Waals surface area contributed by atoms with E-state index in [0.717, 1.165) is 0 Å². The maximum Gasteiger partial charge on any atom is 0.275 e. The lowest BCUT2D eigenvalue weighted by Crippen LogP contribution is -2.13. The molecule has 1 heterocycles. The third-order valence-corrected chi connectivity index (χ3v) is 2.87. The molecule has 1 fully saturated rings. The van der Waals surface area contributed by atoms with Gasteiger partial charge >= 0.3 is 0 Å². The van der Waals surface area contributed by atoms with Crippen LogP contribution in [0.3, 0.4) is 0 Å². The van der Waals surface area contributed by atoms with Crippen LogP contribution >= 0.6 is 0 Å². The minimum absolute atomic E-state index is 0.0409. The molecule has 16 heavy (non-hydrogen) atoms. The fourth-order valence-electron chi connectivity index (χ4n) is 2.09. The van der Waals surface area contributed by atoms with E-state index in [9.17, 15) is 14.9 Å². The van der Waals surface area contributed by atoms with E-state index in [2.05, 4.69) is 5.32 Å². The molecule has 1 saturated heterocycles. The fraction of sp³-hybridized carbons (Fsp3) is 0.364. The van der Waals surface area contributed by atoms with Gasteiger partial charge in [-0.25, -0.2) is 0 Å². The summed E-state index contributed by atoms with van der Waals surface area (Å²) in [5, 5.41) is 13.7. The Morgan fingerprint density at radius 1 is 1.50 bits per heavy atom. The summed E-state index contributed by atoms with van der Waals surface area (Å²) in [6, 6.07) is 5.24. The summed E-state index contributed by atoms with van der Waals surface area (Å²) in [5.41, 5.74) is 1.44. The number of carbonyl (C=O) groups excluding carboxylic acids is 1. The SMILES string of the molecule is Cc1cccc(C2CNC(=O)C2)c1[N+](=O)[O-]. The maximum atomic E-state index is 11.1. The molecule has 1 N–H and O–H groups in total. The van der Waals surface area contributed by atoms with Gasteiger partial charge in [0.15, 0.2) is 0 Å². The van der Waals surface area contributed by atoms with E-state index >= 15 is 0 Å². The van der Waals surface area contributed by atoms with E-state index in [1.165, 1.54) is 0 Å². The quantitative estimate of drug-likeness (QED) is 0.606. The van der Waals surface area contributed by atoms with Crippen LogP contribution < -0.4 is 5.32 Å². The number of amides is 1. The second-order valence-electron chi connectivity index (χ2n) is 3.97. The Morgan fingerprint density at radius 2 is 2.25 bits per heavy atom. The summed E-state index contributed by atoms with van der Waals surface area (Å²) < 4.78 is 0. The van der Waals surface area contributed by atoms with Gasteiger partial charge in [-0.1, -0.05) is 18.2 Å². The highest BCUT2D eigenvalue weighted by Crippen LogP contribution is 2.32. The molecule has 0 spiro atoms. The Kier molecular flexibility index (Phi) is 2.60. The van der Waals surface area contributed by atoms with Crippen LogP contribution in [0.2, 0.25) is 0 Å². The van der Waals surface area contributed by atoms with Crippen molar-refractivity contribution < 1.29 is 9.72 Å². The highest BCUT2D eigenvalue weighted by molar-refractivity contribution is 5.79. The monoisotopic (exact) mass is 220 g/mol. The second-order valence-corrected chi connectivity index (χ2v) is 3.97. The molecule has 2 rings (SSSR count). The van der Waals surface area contributed by atoms with Gasteiger partial charge in [-0.2, -0.15) is 0 Å². The Bertz CT molecular complexity index is 457. The number of benzene rings is 1. The molecule has 1 aromatic carbocycles. The summed E-state index contributed by atoms with van der Waals surface area (Å²) in [7, 11) is 0. The van der Waals surface area contributed by atoms with Crippen LogP contribution in [0.5, 0.6) is 0 Å². The predicted molar refractivity (Wildman–Crippen MR) is 58.2 cm³/mol. The highest BCUT2D eigenvalue weighted by Gasteiger charge is 2.29. The maximum absolute atomic E-state index is 11.1. The van der Waals surface area contributed by atoms with Crippen molar-refractivity contribution in [2.45, 2.75) is 19.3 Å². The molecule has 1 aliphatic rings. The first-order valence-electron chi connectivity index (χ1n) is 5.10. The summed E-state index contributed by atoms with van der Waals surface area (Å²) in [6.45, 7) is 2.20. The normalized spacial score (nSPS) is 19.6. The Labute approximate surface area is 92.6 Å².